The SMILES string of the molecule is Cc1ccccc1N(C)CCCCCC(=O)NN. The number of nitrogens with one attached hydrogen (secondary N) is 1. The zero-order valence-corrected chi connectivity index (χ0v) is 11.3. The molecule has 18 heavy (non-hydrogen) atoms. The number of hydrogen-bond acceptors (Lipinski definition) is 3. The molecule has 0 aliphatic heterocycles. The Balaban J connectivity index is 2.24. The largest absolute Gasteiger partial charge is 0.374 e. The van der Waals surface area contributed by atoms with Gasteiger partial charge in [-0.25, -0.2) is 5.84 Å². The second-order valence-corrected chi connectivity index (χ2v) is 4.59. The summed E-state index contributed by atoms with van der Waals surface area (Å²) in [6.07, 6.45) is 3.54. The van der Waals surface area contributed by atoms with E-state index >= 15 is 0 Å². The van der Waals surface area contributed by atoms with Gasteiger partial charge in [-0.3, -0.25) is 10.2 Å². The van der Waals surface area contributed by atoms with Gasteiger partial charge in [0.15, 0.2) is 0 Å². The van der Waals surface area contributed by atoms with Crippen LogP contribution in [0.4, 0.5) is 5.69 Å². The number of carbonyl (C=O) groups is 1. The van der Waals surface area contributed by atoms with E-state index in [-0.39, 0.29) is 5.91 Å². The van der Waals surface area contributed by atoms with E-state index < -0.39 is 0 Å². The van der Waals surface area contributed by atoms with Crippen molar-refractivity contribution in [3.8, 4) is 0 Å². The quantitative estimate of drug-likeness (QED) is 0.336. The number of benzene rings is 1. The van der Waals surface area contributed by atoms with Crippen molar-refractivity contribution in [2.75, 3.05) is 18.5 Å². The molecule has 1 rings (SSSR count). The van der Waals surface area contributed by atoms with Crippen LogP contribution in [0.1, 0.15) is 31.2 Å². The van der Waals surface area contributed by atoms with E-state index in [1.54, 1.807) is 0 Å². The summed E-state index contributed by atoms with van der Waals surface area (Å²) in [6.45, 7) is 3.13. The molecule has 1 aromatic rings. The van der Waals surface area contributed by atoms with Crippen molar-refractivity contribution in [2.45, 2.75) is 32.6 Å². The second kappa shape index (κ2) is 7.71. The van der Waals surface area contributed by atoms with Gasteiger partial charge < -0.3 is 4.90 Å². The Morgan fingerprint density at radius 1 is 1.28 bits per heavy atom. The minimum absolute atomic E-state index is 0.0812. The van der Waals surface area contributed by atoms with Gasteiger partial charge in [-0.15, -0.1) is 0 Å². The van der Waals surface area contributed by atoms with Crippen molar-refractivity contribution in [3.63, 3.8) is 0 Å². The molecule has 0 aliphatic carbocycles. The van der Waals surface area contributed by atoms with Crippen LogP contribution in [0.25, 0.3) is 0 Å². The summed E-state index contributed by atoms with van der Waals surface area (Å²) in [7, 11) is 2.11. The molecule has 0 heterocycles. The van der Waals surface area contributed by atoms with Crippen molar-refractivity contribution in [2.24, 2.45) is 5.84 Å². The van der Waals surface area contributed by atoms with Crippen LogP contribution in [-0.2, 0) is 4.79 Å². The normalized spacial score (nSPS) is 10.2. The van der Waals surface area contributed by atoms with Gasteiger partial charge in [0.2, 0.25) is 5.91 Å². The van der Waals surface area contributed by atoms with Gasteiger partial charge in [0.05, 0.1) is 0 Å². The molecule has 4 heteroatoms. The van der Waals surface area contributed by atoms with Gasteiger partial charge in [-0.05, 0) is 31.4 Å². The topological polar surface area (TPSA) is 58.4 Å². The van der Waals surface area contributed by atoms with Crippen LogP contribution >= 0.6 is 0 Å². The highest BCUT2D eigenvalue weighted by Gasteiger charge is 2.03. The number of rotatable bonds is 7. The molecule has 0 aromatic heterocycles. The number of nitrogens with zero attached hydrogens (tertiary/aromatic N) is 1. The summed E-state index contributed by atoms with van der Waals surface area (Å²) < 4.78 is 0. The summed E-state index contributed by atoms with van der Waals surface area (Å²) in [5.41, 5.74) is 4.72. The Morgan fingerprint density at radius 2 is 2.00 bits per heavy atom. The van der Waals surface area contributed by atoms with Crippen LogP contribution in [0.2, 0.25) is 0 Å². The minimum atomic E-state index is -0.0812. The van der Waals surface area contributed by atoms with E-state index in [9.17, 15) is 4.79 Å². The highest BCUT2D eigenvalue weighted by atomic mass is 16.2. The fourth-order valence-corrected chi connectivity index (χ4v) is 2.00. The van der Waals surface area contributed by atoms with E-state index in [1.807, 2.05) is 0 Å². The van der Waals surface area contributed by atoms with Crippen LogP contribution in [0, 0.1) is 6.92 Å². The molecule has 0 radical (unpaired) electrons. The molecule has 0 saturated carbocycles. The first-order valence-electron chi connectivity index (χ1n) is 6.41. The molecule has 0 bridgehead atoms. The molecule has 0 atom stereocenters. The maximum Gasteiger partial charge on any atom is 0.233 e. The average molecular weight is 249 g/mol. The smallest absolute Gasteiger partial charge is 0.233 e. The molecule has 0 spiro atoms. The van der Waals surface area contributed by atoms with E-state index in [2.05, 4.69) is 48.6 Å². The van der Waals surface area contributed by atoms with Crippen LogP contribution in [0.5, 0.6) is 0 Å². The Labute approximate surface area is 109 Å². The molecule has 0 fully saturated rings. The number of para-hydroxylation sites is 1. The van der Waals surface area contributed by atoms with Gasteiger partial charge >= 0.3 is 0 Å². The summed E-state index contributed by atoms with van der Waals surface area (Å²) in [6, 6.07) is 8.37. The molecule has 3 N–H and O–H groups in total. The summed E-state index contributed by atoms with van der Waals surface area (Å²) in [5, 5.41) is 0. The van der Waals surface area contributed by atoms with Crippen molar-refractivity contribution in [3.05, 3.63) is 29.8 Å². The zero-order chi connectivity index (χ0) is 13.4. The molecule has 1 amide bonds. The predicted octanol–water partition coefficient (Wildman–Crippen LogP) is 1.98. The molecule has 0 aliphatic rings. The Morgan fingerprint density at radius 3 is 2.67 bits per heavy atom. The predicted molar refractivity (Wildman–Crippen MR) is 75.2 cm³/mol. The third-order valence-corrected chi connectivity index (χ3v) is 3.09. The van der Waals surface area contributed by atoms with Gasteiger partial charge in [0, 0.05) is 25.7 Å². The maximum atomic E-state index is 10.9. The summed E-state index contributed by atoms with van der Waals surface area (Å²) in [5.74, 6) is 4.94. The van der Waals surface area contributed by atoms with Crippen molar-refractivity contribution >= 4 is 11.6 Å². The van der Waals surface area contributed by atoms with Crippen LogP contribution in [0.15, 0.2) is 24.3 Å². The molecule has 1 aromatic carbocycles. The molecule has 0 saturated heterocycles. The maximum absolute atomic E-state index is 10.9. The number of unbranched alkanes of at least 4 members (excludes halogenated alkanes) is 2. The van der Waals surface area contributed by atoms with Gasteiger partial charge in [0.25, 0.3) is 0 Å². The second-order valence-electron chi connectivity index (χ2n) is 4.59. The standard InChI is InChI=1S/C14H23N3O/c1-12-8-5-6-9-13(12)17(2)11-7-3-4-10-14(18)16-15/h5-6,8-9H,3-4,7,10-11,15H2,1-2H3,(H,16,18). The van der Waals surface area contributed by atoms with E-state index in [0.29, 0.717) is 6.42 Å². The third-order valence-electron chi connectivity index (χ3n) is 3.09. The lowest BCUT2D eigenvalue weighted by Crippen LogP contribution is -2.29. The molecular weight excluding hydrogens is 226 g/mol. The van der Waals surface area contributed by atoms with Crippen molar-refractivity contribution in [1.82, 2.24) is 5.43 Å². The van der Waals surface area contributed by atoms with Crippen molar-refractivity contribution in [1.29, 1.82) is 0 Å². The fraction of sp³-hybridized carbons (Fsp3) is 0.500. The van der Waals surface area contributed by atoms with Crippen LogP contribution < -0.4 is 16.2 Å². The van der Waals surface area contributed by atoms with Crippen LogP contribution in [-0.4, -0.2) is 19.5 Å². The third kappa shape index (κ3) is 4.75. The first kappa shape index (κ1) is 14.5. The monoisotopic (exact) mass is 249 g/mol. The number of nitrogens with two attached hydrogens (primary N) is 1. The Bertz CT molecular complexity index is 379. The molecule has 0 unspecified atom stereocenters. The Hall–Kier alpha value is -1.55. The van der Waals surface area contributed by atoms with Gasteiger partial charge in [-0.2, -0.15) is 0 Å². The molecule has 100 valence electrons. The highest BCUT2D eigenvalue weighted by Crippen LogP contribution is 2.18. The fourth-order valence-electron chi connectivity index (χ4n) is 2.00. The lowest BCUT2D eigenvalue weighted by molar-refractivity contribution is -0.121. The lowest BCUT2D eigenvalue weighted by atomic mass is 10.1. The number of aryl methyl sites for hydroxylation is 1. The molecule has 4 nitrogen and oxygen atoms in total. The number of anilines is 1. The highest BCUT2D eigenvalue weighted by molar-refractivity contribution is 5.75. The van der Waals surface area contributed by atoms with E-state index in [0.717, 1.165) is 25.8 Å². The summed E-state index contributed by atoms with van der Waals surface area (Å²) in [4.78, 5) is 13.2. The van der Waals surface area contributed by atoms with E-state index in [1.165, 1.54) is 11.3 Å². The average Bonchev–Trinajstić information content (AvgIpc) is 2.38. The Kier molecular flexibility index (Phi) is 6.22. The van der Waals surface area contributed by atoms with E-state index in [4.69, 9.17) is 5.84 Å². The first-order chi connectivity index (χ1) is 8.65. The lowest BCUT2D eigenvalue weighted by Gasteiger charge is -2.21. The van der Waals surface area contributed by atoms with Crippen LogP contribution in [0.3, 0.4) is 0 Å². The first-order valence-corrected chi connectivity index (χ1v) is 6.41. The van der Waals surface area contributed by atoms with Gasteiger partial charge in [0.1, 0.15) is 0 Å². The molecular formula is C14H23N3O. The number of hydrazine groups is 1. The minimum Gasteiger partial charge on any atom is -0.374 e. The van der Waals surface area contributed by atoms with Gasteiger partial charge in [-0.1, -0.05) is 24.6 Å². The summed E-state index contributed by atoms with van der Waals surface area (Å²) >= 11 is 0. The zero-order valence-electron chi connectivity index (χ0n) is 11.3. The number of carbonyl (C=O) groups excluding carboxylic acids is 1. The number of amides is 1. The van der Waals surface area contributed by atoms with Crippen molar-refractivity contribution < 1.29 is 4.79 Å². The number of hydrogen-bond donors (Lipinski definition) is 2.